The van der Waals surface area contributed by atoms with E-state index >= 15 is 0 Å². The number of ether oxygens (including phenoxy) is 7. The van der Waals surface area contributed by atoms with Gasteiger partial charge in [-0.25, -0.2) is 18.0 Å². The second kappa shape index (κ2) is 42.3. The molecule has 0 spiro atoms. The molecule has 3 aliphatic heterocycles. The summed E-state index contributed by atoms with van der Waals surface area (Å²) in [5.74, 6) is -7.75. The van der Waals surface area contributed by atoms with Crippen molar-refractivity contribution in [2.24, 2.45) is 41.2 Å². The molecule has 0 radical (unpaired) electrons. The Bertz CT molecular complexity index is 4800. The van der Waals surface area contributed by atoms with Crippen molar-refractivity contribution in [3.63, 3.8) is 0 Å². The molecular weight excluding hydrogens is 1560 g/mol. The Morgan fingerprint density at radius 3 is 2.04 bits per heavy atom. The third-order valence-corrected chi connectivity index (χ3v) is 24.2. The number of Topliss-reactive ketones (excluding diaryl/α,β-unsaturated/α-hetero) is 3. The van der Waals surface area contributed by atoms with Crippen LogP contribution in [0.15, 0.2) is 162 Å². The van der Waals surface area contributed by atoms with Gasteiger partial charge in [0.05, 0.1) is 54.5 Å². The summed E-state index contributed by atoms with van der Waals surface area (Å²) in [7, 11) is 2.19. The highest BCUT2D eigenvalue weighted by Gasteiger charge is 2.64. The number of methoxy groups -OCH3 is 3. The van der Waals surface area contributed by atoms with Crippen molar-refractivity contribution in [2.45, 2.75) is 186 Å². The van der Waals surface area contributed by atoms with Gasteiger partial charge in [-0.05, 0) is 143 Å². The molecule has 11 atom stereocenters. The van der Waals surface area contributed by atoms with Crippen LogP contribution in [0.25, 0.3) is 11.1 Å². The number of sulfone groups is 1. The lowest BCUT2D eigenvalue weighted by atomic mass is 9.83. The number of allylic oxidation sites excluding steroid dienone is 3. The summed E-state index contributed by atoms with van der Waals surface area (Å²) >= 11 is 0. The summed E-state index contributed by atoms with van der Waals surface area (Å²) in [6.45, 7) is 16.7. The zero-order valence-electron chi connectivity index (χ0n) is 70.7. The van der Waals surface area contributed by atoms with Gasteiger partial charge in [0, 0.05) is 106 Å². The van der Waals surface area contributed by atoms with E-state index in [0.717, 1.165) is 33.4 Å². The zero-order chi connectivity index (χ0) is 87.3. The van der Waals surface area contributed by atoms with Gasteiger partial charge >= 0.3 is 18.1 Å². The van der Waals surface area contributed by atoms with E-state index in [1.54, 1.807) is 109 Å². The van der Waals surface area contributed by atoms with Crippen molar-refractivity contribution in [1.29, 1.82) is 0 Å². The van der Waals surface area contributed by atoms with Gasteiger partial charge in [0.2, 0.25) is 23.6 Å². The quantitative estimate of drug-likeness (QED) is 0.00824. The number of nitrogens with zero attached hydrogens (tertiary/aromatic N) is 1. The number of nitrogens with one attached hydrogen (secondary N) is 5. The van der Waals surface area contributed by atoms with Crippen LogP contribution < -0.4 is 46.7 Å². The molecule has 644 valence electrons. The van der Waals surface area contributed by atoms with Crippen LogP contribution in [0.4, 0.5) is 21.0 Å². The molecule has 4 bridgehead atoms. The highest BCUT2D eigenvalue weighted by Crippen LogP contribution is 2.50. The number of anilines is 2. The molecule has 0 aromatic heterocycles. The molecule has 1 unspecified atom stereocenters. The van der Waals surface area contributed by atoms with E-state index < -0.39 is 152 Å². The number of ketones is 3. The molecule has 7 amide bonds. The average molecular weight is 1670 g/mol. The van der Waals surface area contributed by atoms with E-state index in [-0.39, 0.29) is 100 Å². The van der Waals surface area contributed by atoms with Gasteiger partial charge in [0.1, 0.15) is 42.0 Å². The molecule has 3 heterocycles. The molecule has 6 aromatic carbocycles. The van der Waals surface area contributed by atoms with Gasteiger partial charge in [-0.2, -0.15) is 0 Å². The van der Waals surface area contributed by atoms with Gasteiger partial charge < -0.3 is 70.2 Å². The summed E-state index contributed by atoms with van der Waals surface area (Å²) in [6.07, 6.45) is 0.936. The lowest BCUT2D eigenvalue weighted by molar-refractivity contribution is -0.157. The number of hydrogen-bond donors (Lipinski definition) is 7. The standard InChI is InChI=1S/C92H115N7O20S/c1-55(2)83(97-80(102)42-35-68(86(105)94-44-45-113-11)49-74(100)64-29-31-66(32-30-64)84(104)69(28-25-61-23-19-57(5)20-24-61)54-120(111,112)72-40-21-58(6)22-41-72)75(101)50-67(17-15-43-95-89(93)108)87(106)96-70-36-26-62(27-37-70)53-116-71-38-33-65(34-39-71)82-73-47-63(48-76(82)114-12)46-59(7)16-14-18-78(115-13)92(110)52-77(117-90(109)98-92)60(8)85-91(9,119-85)79(51-81(103)99(73)10)118-88(107)56(3)4/h14,16,18-24,26-27,29-34,36-41,47-48,55-56,60,67-69,77-79,83,85,110H,15,17,25,28,35,42-46,49-54H2,1-13H3,(H,94,105)(H,96,106)(H,97,102)(H,98,109)(H3,93,95,108)/b18-14+,59-16+/t60-,67-,68-,69?,77+,78-,79+,83+,85+,91+,92+/m1/s1. The molecule has 6 aromatic rings. The lowest BCUT2D eigenvalue weighted by Gasteiger charge is -2.42. The van der Waals surface area contributed by atoms with E-state index in [0.29, 0.717) is 46.8 Å². The topological polar surface area (TPSA) is 382 Å². The number of hydrogen-bond acceptors (Lipinski definition) is 20. The summed E-state index contributed by atoms with van der Waals surface area (Å²) in [5.41, 5.74) is 10.1. The first-order valence-corrected chi connectivity index (χ1v) is 42.4. The zero-order valence-corrected chi connectivity index (χ0v) is 71.6. The Morgan fingerprint density at radius 1 is 0.758 bits per heavy atom. The van der Waals surface area contributed by atoms with Crippen LogP contribution in [-0.4, -0.2) is 168 Å². The fraction of sp³-hybridized carbons (Fsp3) is 0.457. The highest BCUT2D eigenvalue weighted by atomic mass is 32.2. The number of carbonyl (C=O) groups excluding carboxylic acids is 10. The molecule has 28 heteroatoms. The molecule has 3 aliphatic rings. The van der Waals surface area contributed by atoms with Crippen molar-refractivity contribution in [2.75, 3.05) is 64.0 Å². The maximum absolute atomic E-state index is 14.9. The van der Waals surface area contributed by atoms with Gasteiger partial charge in [0.25, 0.3) is 0 Å². The molecule has 120 heavy (non-hydrogen) atoms. The molecular formula is C92H115N7O20S. The van der Waals surface area contributed by atoms with Crippen LogP contribution in [0.1, 0.15) is 155 Å². The number of primary amides is 1. The van der Waals surface area contributed by atoms with Crippen molar-refractivity contribution in [1.82, 2.24) is 21.3 Å². The number of aliphatic hydroxyl groups is 1. The van der Waals surface area contributed by atoms with Crippen molar-refractivity contribution in [3.05, 3.63) is 196 Å². The van der Waals surface area contributed by atoms with E-state index in [1.165, 1.54) is 55.5 Å². The first-order valence-electron chi connectivity index (χ1n) is 40.7. The van der Waals surface area contributed by atoms with Gasteiger partial charge in [-0.15, -0.1) is 0 Å². The Hall–Kier alpha value is -10.9. The molecule has 0 saturated carbocycles. The maximum atomic E-state index is 14.9. The fourth-order valence-corrected chi connectivity index (χ4v) is 16.7. The Kier molecular flexibility index (Phi) is 32.8. The van der Waals surface area contributed by atoms with Crippen molar-refractivity contribution in [3.8, 4) is 22.6 Å². The summed E-state index contributed by atoms with van der Waals surface area (Å²) in [4.78, 5) is 140. The third-order valence-electron chi connectivity index (χ3n) is 22.4. The molecule has 0 aliphatic carbocycles. The molecule has 2 fully saturated rings. The second-order valence-electron chi connectivity index (χ2n) is 32.4. The number of esters is 1. The second-order valence-corrected chi connectivity index (χ2v) is 34.5. The normalized spacial score (nSPS) is 21.0. The fourth-order valence-electron chi connectivity index (χ4n) is 15.1. The van der Waals surface area contributed by atoms with Crippen LogP contribution in [0.3, 0.4) is 0 Å². The van der Waals surface area contributed by atoms with Gasteiger partial charge in [-0.3, -0.25) is 43.7 Å². The van der Waals surface area contributed by atoms with Crippen LogP contribution in [0.2, 0.25) is 0 Å². The first kappa shape index (κ1) is 93.0. The summed E-state index contributed by atoms with van der Waals surface area (Å²) in [5, 5.41) is 25.5. The number of benzene rings is 6. The van der Waals surface area contributed by atoms with E-state index in [9.17, 15) is 61.5 Å². The van der Waals surface area contributed by atoms with E-state index in [2.05, 4.69) is 26.6 Å². The maximum Gasteiger partial charge on any atom is 0.409 e. The van der Waals surface area contributed by atoms with Crippen molar-refractivity contribution >= 4 is 80.3 Å². The molecule has 9 rings (SSSR count). The minimum absolute atomic E-state index is 0.0690. The van der Waals surface area contributed by atoms with Gasteiger partial charge in [-0.1, -0.05) is 154 Å². The predicted molar refractivity (Wildman–Crippen MR) is 454 cm³/mol. The number of rotatable bonds is 37. The molecule has 2 saturated heterocycles. The minimum atomic E-state index is -3.89. The number of epoxide rings is 1. The first-order chi connectivity index (χ1) is 57.0. The largest absolute Gasteiger partial charge is 0.496 e. The Morgan fingerprint density at radius 2 is 1.41 bits per heavy atom. The van der Waals surface area contributed by atoms with Gasteiger partial charge in [0.15, 0.2) is 32.9 Å². The monoisotopic (exact) mass is 1670 g/mol. The number of fused-ring (bicyclic) bond motifs is 5. The van der Waals surface area contributed by atoms with E-state index in [4.69, 9.17) is 38.9 Å². The summed E-state index contributed by atoms with van der Waals surface area (Å²) in [6, 6.07) is 36.3. The highest BCUT2D eigenvalue weighted by molar-refractivity contribution is 7.91. The number of amides is 7. The van der Waals surface area contributed by atoms with E-state index in [1.807, 2.05) is 82.3 Å². The minimum Gasteiger partial charge on any atom is -0.496 e. The number of nitrogens with two attached hydrogens (primary N) is 1. The van der Waals surface area contributed by atoms with Crippen LogP contribution in [0.5, 0.6) is 11.5 Å². The Labute approximate surface area is 702 Å². The van der Waals surface area contributed by atoms with Crippen molar-refractivity contribution < 1.29 is 94.6 Å². The Balaban J connectivity index is 0.845. The molecule has 27 nitrogen and oxygen atoms in total. The van der Waals surface area contributed by atoms with Crippen LogP contribution in [-0.2, 0) is 81.7 Å². The average Bonchev–Trinajstić information content (AvgIpc) is 1.57. The molecule has 8 N–H and O–H groups in total. The lowest BCUT2D eigenvalue weighted by Crippen LogP contribution is -2.63. The number of urea groups is 1. The number of aryl methyl sites for hydroxylation is 3. The third kappa shape index (κ3) is 25.3. The SMILES string of the molecule is COCCNC(=O)[C@H](CCC(=O)N[C@H](C(=O)C[C@@H](CCCNC(N)=O)C(=O)Nc1ccc(COc2ccc(-c3c(OC)cc4cc3N(C)C(=O)C[C@H](OC(=O)C(C)C)[C@]3(C)O[C@H]3[C@H](C)[C@@H]3C[C@@](O)(NC(=O)O3)[C@H](OC)/C=C/C=C(\C)C4)cc2)cc1)C(C)C)CC(=O)c1ccc(C(=O)C(CCc2ccc(C)cc2)CS(=O)(=O)c2ccc(C)cc2)cc1. The predicted octanol–water partition coefficient (Wildman–Crippen LogP) is 12.0. The van der Waals surface area contributed by atoms with Crippen LogP contribution >= 0.6 is 0 Å². The summed E-state index contributed by atoms with van der Waals surface area (Å²) < 4.78 is 69.1. The number of carbonyl (C=O) groups is 10. The number of alkyl carbamates (subject to hydrolysis) is 1. The smallest absolute Gasteiger partial charge is 0.409 e. The van der Waals surface area contributed by atoms with Crippen LogP contribution in [0, 0.1) is 49.4 Å².